The zero-order chi connectivity index (χ0) is 22.0. The van der Waals surface area contributed by atoms with Gasteiger partial charge in [-0.3, -0.25) is 4.79 Å². The van der Waals surface area contributed by atoms with E-state index in [-0.39, 0.29) is 22.2 Å². The van der Waals surface area contributed by atoms with Gasteiger partial charge in [0.05, 0.1) is 0 Å². The van der Waals surface area contributed by atoms with E-state index in [1.54, 1.807) is 6.08 Å². The molecule has 2 rings (SSSR count). The van der Waals surface area contributed by atoms with Gasteiger partial charge in [-0.2, -0.15) is 0 Å². The van der Waals surface area contributed by atoms with Crippen molar-refractivity contribution in [2.45, 2.75) is 78.6 Å². The molecular formula is C27H37NO. The fourth-order valence-corrected chi connectivity index (χ4v) is 3.29. The summed E-state index contributed by atoms with van der Waals surface area (Å²) in [5.74, 6) is -0.103. The Labute approximate surface area is 177 Å². The average molecular weight is 392 g/mol. The lowest BCUT2D eigenvalue weighted by molar-refractivity contribution is -0.111. The number of benzene rings is 2. The van der Waals surface area contributed by atoms with Crippen LogP contribution >= 0.6 is 0 Å². The Bertz CT molecular complexity index is 850. The maximum atomic E-state index is 12.8. The molecule has 0 fully saturated rings. The van der Waals surface area contributed by atoms with Crippen molar-refractivity contribution < 1.29 is 4.79 Å². The number of rotatable bonds is 3. The second-order valence-electron chi connectivity index (χ2n) is 10.9. The monoisotopic (exact) mass is 391 g/mol. The van der Waals surface area contributed by atoms with Crippen LogP contribution in [0.15, 0.2) is 48.5 Å². The second-order valence-corrected chi connectivity index (χ2v) is 10.9. The number of nitrogens with one attached hydrogen (secondary N) is 1. The van der Waals surface area contributed by atoms with Crippen LogP contribution in [0.25, 0.3) is 6.08 Å². The molecule has 0 bridgehead atoms. The molecule has 0 aliphatic rings. The Hall–Kier alpha value is -2.35. The predicted molar refractivity (Wildman–Crippen MR) is 127 cm³/mol. The van der Waals surface area contributed by atoms with Crippen LogP contribution in [0.5, 0.6) is 0 Å². The number of carbonyl (C=O) groups excluding carboxylic acids is 1. The van der Waals surface area contributed by atoms with Gasteiger partial charge >= 0.3 is 0 Å². The van der Waals surface area contributed by atoms with E-state index in [4.69, 9.17) is 0 Å². The molecule has 0 heterocycles. The van der Waals surface area contributed by atoms with Gasteiger partial charge in [-0.15, -0.1) is 0 Å². The maximum Gasteiger partial charge on any atom is 0.248 e. The molecule has 29 heavy (non-hydrogen) atoms. The highest BCUT2D eigenvalue weighted by atomic mass is 16.1. The van der Waals surface area contributed by atoms with E-state index in [0.29, 0.717) is 0 Å². The Morgan fingerprint density at radius 2 is 1.24 bits per heavy atom. The molecular weight excluding hydrogens is 354 g/mol. The Kier molecular flexibility index (Phi) is 6.47. The lowest BCUT2D eigenvalue weighted by Gasteiger charge is -2.33. The van der Waals surface area contributed by atoms with Gasteiger partial charge < -0.3 is 5.32 Å². The summed E-state index contributed by atoms with van der Waals surface area (Å²) in [7, 11) is 0. The maximum absolute atomic E-state index is 12.8. The van der Waals surface area contributed by atoms with E-state index < -0.39 is 0 Å². The standard InChI is InChI=1S/C27H37NO/c1-25(2,3)20-17-21(26(4,5)6)24(22(18-20)27(7,8)9)28-23(29)16-15-19-13-11-10-12-14-19/h10-18H,1-9H3,(H,28,29)/b16-15+. The minimum absolute atomic E-state index is 0.0375. The van der Waals surface area contributed by atoms with Crippen LogP contribution in [-0.2, 0) is 21.0 Å². The summed E-state index contributed by atoms with van der Waals surface area (Å²) in [5, 5.41) is 3.22. The fraction of sp³-hybridized carbons (Fsp3) is 0.444. The van der Waals surface area contributed by atoms with E-state index in [2.05, 4.69) is 79.8 Å². The van der Waals surface area contributed by atoms with Crippen molar-refractivity contribution >= 4 is 17.7 Å². The lowest BCUT2D eigenvalue weighted by Crippen LogP contribution is -2.25. The van der Waals surface area contributed by atoms with Crippen molar-refractivity contribution in [1.29, 1.82) is 0 Å². The summed E-state index contributed by atoms with van der Waals surface area (Å²) in [6.07, 6.45) is 3.47. The molecule has 0 atom stereocenters. The van der Waals surface area contributed by atoms with Crippen molar-refractivity contribution in [3.63, 3.8) is 0 Å². The van der Waals surface area contributed by atoms with Gasteiger partial charge in [0.15, 0.2) is 0 Å². The summed E-state index contributed by atoms with van der Waals surface area (Å²) < 4.78 is 0. The van der Waals surface area contributed by atoms with Gasteiger partial charge in [-0.05, 0) is 44.6 Å². The van der Waals surface area contributed by atoms with Gasteiger partial charge in [0.1, 0.15) is 0 Å². The van der Waals surface area contributed by atoms with Crippen molar-refractivity contribution in [1.82, 2.24) is 0 Å². The van der Waals surface area contributed by atoms with E-state index in [1.165, 1.54) is 16.7 Å². The zero-order valence-corrected chi connectivity index (χ0v) is 19.6. The molecule has 2 aromatic rings. The van der Waals surface area contributed by atoms with E-state index in [9.17, 15) is 4.79 Å². The summed E-state index contributed by atoms with van der Waals surface area (Å²) in [6, 6.07) is 14.4. The molecule has 2 nitrogen and oxygen atoms in total. The SMILES string of the molecule is CC(C)(C)c1cc(C(C)(C)C)c(NC(=O)/C=C/c2ccccc2)c(C(C)(C)C)c1. The lowest BCUT2D eigenvalue weighted by atomic mass is 9.74. The van der Waals surface area contributed by atoms with Crippen LogP contribution < -0.4 is 5.32 Å². The molecule has 0 unspecified atom stereocenters. The van der Waals surface area contributed by atoms with Gasteiger partial charge in [-0.25, -0.2) is 0 Å². The molecule has 0 spiro atoms. The summed E-state index contributed by atoms with van der Waals surface area (Å²) in [4.78, 5) is 12.8. The highest BCUT2D eigenvalue weighted by Gasteiger charge is 2.29. The van der Waals surface area contributed by atoms with Gasteiger partial charge in [0.2, 0.25) is 5.91 Å². The number of hydrogen-bond donors (Lipinski definition) is 1. The highest BCUT2D eigenvalue weighted by molar-refractivity contribution is 6.03. The number of carbonyl (C=O) groups is 1. The molecule has 0 saturated heterocycles. The molecule has 1 N–H and O–H groups in total. The molecule has 1 amide bonds. The third kappa shape index (κ3) is 6.06. The molecule has 2 heteroatoms. The molecule has 0 radical (unpaired) electrons. The van der Waals surface area contributed by atoms with Crippen molar-refractivity contribution in [3.8, 4) is 0 Å². The summed E-state index contributed by atoms with van der Waals surface area (Å²) in [6.45, 7) is 19.9. The van der Waals surface area contributed by atoms with Crippen molar-refractivity contribution in [2.75, 3.05) is 5.32 Å². The van der Waals surface area contributed by atoms with E-state index in [1.807, 2.05) is 36.4 Å². The highest BCUT2D eigenvalue weighted by Crippen LogP contribution is 2.41. The van der Waals surface area contributed by atoms with Crippen molar-refractivity contribution in [3.05, 3.63) is 70.8 Å². The molecule has 0 saturated carbocycles. The van der Waals surface area contributed by atoms with Crippen LogP contribution in [0.2, 0.25) is 0 Å². The molecule has 2 aromatic carbocycles. The van der Waals surface area contributed by atoms with Gasteiger partial charge in [0, 0.05) is 11.8 Å². The quantitative estimate of drug-likeness (QED) is 0.549. The van der Waals surface area contributed by atoms with Gasteiger partial charge in [0.25, 0.3) is 0 Å². The average Bonchev–Trinajstić information content (AvgIpc) is 2.58. The van der Waals surface area contributed by atoms with Crippen molar-refractivity contribution in [2.24, 2.45) is 0 Å². The van der Waals surface area contributed by atoms with Gasteiger partial charge in [-0.1, -0.05) is 105 Å². The summed E-state index contributed by atoms with van der Waals surface area (Å²) in [5.41, 5.74) is 5.46. The Morgan fingerprint density at radius 1 is 0.759 bits per heavy atom. The van der Waals surface area contributed by atoms with E-state index in [0.717, 1.165) is 11.3 Å². The minimum atomic E-state index is -0.103. The largest absolute Gasteiger partial charge is 0.322 e. The van der Waals surface area contributed by atoms with Crippen LogP contribution in [0.4, 0.5) is 5.69 Å². The third-order valence-corrected chi connectivity index (χ3v) is 5.10. The predicted octanol–water partition coefficient (Wildman–Crippen LogP) is 7.23. The normalized spacial score (nSPS) is 13.0. The minimum Gasteiger partial charge on any atom is -0.322 e. The van der Waals surface area contributed by atoms with Crippen LogP contribution in [0.3, 0.4) is 0 Å². The number of amides is 1. The number of hydrogen-bond acceptors (Lipinski definition) is 1. The van der Waals surface area contributed by atoms with E-state index >= 15 is 0 Å². The Morgan fingerprint density at radius 3 is 1.66 bits per heavy atom. The first kappa shape index (κ1) is 22.9. The topological polar surface area (TPSA) is 29.1 Å². The summed E-state index contributed by atoms with van der Waals surface area (Å²) >= 11 is 0. The first-order chi connectivity index (χ1) is 13.2. The van der Waals surface area contributed by atoms with Crippen LogP contribution in [0, 0.1) is 0 Å². The smallest absolute Gasteiger partial charge is 0.248 e. The third-order valence-electron chi connectivity index (χ3n) is 5.10. The zero-order valence-electron chi connectivity index (χ0n) is 19.6. The first-order valence-corrected chi connectivity index (χ1v) is 10.4. The fourth-order valence-electron chi connectivity index (χ4n) is 3.29. The molecule has 0 aliphatic heterocycles. The molecule has 156 valence electrons. The van der Waals surface area contributed by atoms with Crippen LogP contribution in [-0.4, -0.2) is 5.91 Å². The van der Waals surface area contributed by atoms with Crippen LogP contribution in [0.1, 0.15) is 84.6 Å². The molecule has 0 aromatic heterocycles. The second kappa shape index (κ2) is 8.18. The number of anilines is 1. The first-order valence-electron chi connectivity index (χ1n) is 10.4. The molecule has 0 aliphatic carbocycles. The Balaban J connectivity index is 2.56.